The van der Waals surface area contributed by atoms with E-state index in [4.69, 9.17) is 4.74 Å². The molecule has 25 heavy (non-hydrogen) atoms. The number of nitrogens with zero attached hydrogens (tertiary/aromatic N) is 3. The minimum Gasteiger partial charge on any atom is -0.383 e. The molecule has 1 aliphatic rings. The number of carbonyl (C=O) groups excluding carboxylic acids is 1. The number of methoxy groups -OCH3 is 1. The van der Waals surface area contributed by atoms with Gasteiger partial charge < -0.3 is 15.0 Å². The molecule has 1 aromatic heterocycles. The smallest absolute Gasteiger partial charge is 0.253 e. The number of carbonyl (C=O) groups is 1. The molecule has 0 bridgehead atoms. The topological polar surface area (TPSA) is 67.3 Å². The molecule has 0 unspecified atom stereocenters. The number of anilines is 1. The molecular weight excluding hydrogens is 356 g/mol. The maximum atomic E-state index is 12.3. The van der Waals surface area contributed by atoms with E-state index in [1.54, 1.807) is 30.2 Å². The molecule has 1 aromatic carbocycles. The molecule has 134 valence electrons. The van der Waals surface area contributed by atoms with Crippen molar-refractivity contribution in [3.63, 3.8) is 0 Å². The Kier molecular flexibility index (Phi) is 6.66. The molecule has 0 saturated carbocycles. The van der Waals surface area contributed by atoms with Crippen LogP contribution in [-0.2, 0) is 10.5 Å². The van der Waals surface area contributed by atoms with Gasteiger partial charge in [0.2, 0.25) is 5.13 Å². The van der Waals surface area contributed by atoms with Gasteiger partial charge in [0.25, 0.3) is 5.91 Å². The first kappa shape index (κ1) is 18.2. The lowest BCUT2D eigenvalue weighted by Gasteiger charge is -2.15. The van der Waals surface area contributed by atoms with Gasteiger partial charge in [-0.3, -0.25) is 4.79 Å². The molecule has 0 radical (unpaired) electrons. The largest absolute Gasteiger partial charge is 0.383 e. The molecule has 1 aliphatic heterocycles. The van der Waals surface area contributed by atoms with Crippen LogP contribution in [0.2, 0.25) is 0 Å². The first-order chi connectivity index (χ1) is 12.3. The van der Waals surface area contributed by atoms with Gasteiger partial charge in [0.05, 0.1) is 6.61 Å². The lowest BCUT2D eigenvalue weighted by molar-refractivity contribution is 0.0793. The van der Waals surface area contributed by atoms with Crippen LogP contribution >= 0.6 is 23.1 Å². The summed E-state index contributed by atoms with van der Waals surface area (Å²) in [5.41, 5.74) is 1.95. The summed E-state index contributed by atoms with van der Waals surface area (Å²) in [5.74, 6) is 0.956. The highest BCUT2D eigenvalue weighted by atomic mass is 32.2. The Hall–Kier alpha value is -1.64. The molecule has 2 aromatic rings. The highest BCUT2D eigenvalue weighted by Crippen LogP contribution is 2.28. The summed E-state index contributed by atoms with van der Waals surface area (Å²) in [6.07, 6.45) is 2.23. The lowest BCUT2D eigenvalue weighted by atomic mass is 10.1. The lowest BCUT2D eigenvalue weighted by Crippen LogP contribution is -2.27. The van der Waals surface area contributed by atoms with Gasteiger partial charge in [-0.05, 0) is 30.5 Å². The third-order valence-electron chi connectivity index (χ3n) is 3.95. The number of hydrogen-bond acceptors (Lipinski definition) is 7. The molecule has 8 heteroatoms. The van der Waals surface area contributed by atoms with Gasteiger partial charge >= 0.3 is 0 Å². The standard InChI is InChI=1S/C17H22N4O2S2/c1-23-11-8-18-16-19-20-17(25-16)24-12-13-4-6-14(7-5-13)15(22)21-9-2-3-10-21/h4-7H,2-3,8-12H2,1H3,(H,18,19). The zero-order chi connectivity index (χ0) is 17.5. The van der Waals surface area contributed by atoms with Crippen molar-refractivity contribution in [3.8, 4) is 0 Å². The van der Waals surface area contributed by atoms with Crippen molar-refractivity contribution in [2.45, 2.75) is 22.9 Å². The molecule has 0 atom stereocenters. The van der Waals surface area contributed by atoms with Crippen LogP contribution in [0.4, 0.5) is 5.13 Å². The summed E-state index contributed by atoms with van der Waals surface area (Å²) in [4.78, 5) is 14.3. The summed E-state index contributed by atoms with van der Waals surface area (Å²) in [6.45, 7) is 3.13. The number of amides is 1. The Morgan fingerprint density at radius 2 is 2.04 bits per heavy atom. The maximum absolute atomic E-state index is 12.3. The monoisotopic (exact) mass is 378 g/mol. The Balaban J connectivity index is 1.49. The number of benzene rings is 1. The molecule has 6 nitrogen and oxygen atoms in total. The fraction of sp³-hybridized carbons (Fsp3) is 0.471. The number of likely N-dealkylation sites (tertiary alicyclic amines) is 1. The second kappa shape index (κ2) is 9.17. The van der Waals surface area contributed by atoms with E-state index >= 15 is 0 Å². The molecule has 1 saturated heterocycles. The first-order valence-corrected chi connectivity index (χ1v) is 10.1. The van der Waals surface area contributed by atoms with Crippen molar-refractivity contribution in [1.29, 1.82) is 0 Å². The molecule has 1 N–H and O–H groups in total. The quantitative estimate of drug-likeness (QED) is 0.562. The zero-order valence-electron chi connectivity index (χ0n) is 14.2. The van der Waals surface area contributed by atoms with E-state index in [0.29, 0.717) is 6.61 Å². The van der Waals surface area contributed by atoms with Gasteiger partial charge in [-0.1, -0.05) is 35.2 Å². The van der Waals surface area contributed by atoms with E-state index < -0.39 is 0 Å². The molecule has 0 spiro atoms. The fourth-order valence-electron chi connectivity index (χ4n) is 2.59. The second-order valence-corrected chi connectivity index (χ2v) is 7.98. The van der Waals surface area contributed by atoms with Crippen molar-refractivity contribution in [2.75, 3.05) is 38.7 Å². The highest BCUT2D eigenvalue weighted by molar-refractivity contribution is 8.00. The fourth-order valence-corrected chi connectivity index (χ4v) is 4.32. The van der Waals surface area contributed by atoms with Gasteiger partial charge in [0, 0.05) is 38.1 Å². The Morgan fingerprint density at radius 1 is 1.28 bits per heavy atom. The Morgan fingerprint density at radius 3 is 2.76 bits per heavy atom. The van der Waals surface area contributed by atoms with Crippen molar-refractivity contribution in [2.24, 2.45) is 0 Å². The van der Waals surface area contributed by atoms with Gasteiger partial charge in [0.15, 0.2) is 4.34 Å². The van der Waals surface area contributed by atoms with E-state index in [1.807, 2.05) is 29.2 Å². The molecule has 1 amide bonds. The van der Waals surface area contributed by atoms with Crippen LogP contribution in [0.25, 0.3) is 0 Å². The minimum absolute atomic E-state index is 0.146. The number of aromatic nitrogens is 2. The van der Waals surface area contributed by atoms with Crippen LogP contribution in [0.15, 0.2) is 28.6 Å². The van der Waals surface area contributed by atoms with Crippen LogP contribution in [0.5, 0.6) is 0 Å². The molecule has 3 rings (SSSR count). The third kappa shape index (κ3) is 5.17. The van der Waals surface area contributed by atoms with Crippen LogP contribution in [0, 0.1) is 0 Å². The summed E-state index contributed by atoms with van der Waals surface area (Å²) >= 11 is 3.19. The van der Waals surface area contributed by atoms with Crippen LogP contribution in [0.1, 0.15) is 28.8 Å². The summed E-state index contributed by atoms with van der Waals surface area (Å²) in [6, 6.07) is 7.90. The van der Waals surface area contributed by atoms with E-state index in [9.17, 15) is 4.79 Å². The predicted molar refractivity (Wildman–Crippen MR) is 101 cm³/mol. The maximum Gasteiger partial charge on any atom is 0.253 e. The van der Waals surface area contributed by atoms with Gasteiger partial charge in [-0.25, -0.2) is 0 Å². The molecular formula is C17H22N4O2S2. The van der Waals surface area contributed by atoms with Crippen LogP contribution in [0.3, 0.4) is 0 Å². The Bertz CT molecular complexity index is 684. The summed E-state index contributed by atoms with van der Waals surface area (Å²) in [5, 5.41) is 12.3. The number of nitrogens with one attached hydrogen (secondary N) is 1. The van der Waals surface area contributed by atoms with E-state index in [2.05, 4.69) is 15.5 Å². The molecule has 0 aliphatic carbocycles. The summed E-state index contributed by atoms with van der Waals surface area (Å²) < 4.78 is 5.92. The third-order valence-corrected chi connectivity index (χ3v) is 6.03. The molecule has 1 fully saturated rings. The van der Waals surface area contributed by atoms with Crippen molar-refractivity contribution < 1.29 is 9.53 Å². The average molecular weight is 379 g/mol. The predicted octanol–water partition coefficient (Wildman–Crippen LogP) is 3.12. The summed E-state index contributed by atoms with van der Waals surface area (Å²) in [7, 11) is 1.67. The second-order valence-electron chi connectivity index (χ2n) is 5.78. The van der Waals surface area contributed by atoms with Crippen molar-refractivity contribution in [1.82, 2.24) is 15.1 Å². The van der Waals surface area contributed by atoms with Crippen molar-refractivity contribution >= 4 is 34.1 Å². The SMILES string of the molecule is COCCNc1nnc(SCc2ccc(C(=O)N3CCCC3)cc2)s1. The van der Waals surface area contributed by atoms with E-state index in [0.717, 1.165) is 53.3 Å². The molecule has 2 heterocycles. The van der Waals surface area contributed by atoms with E-state index in [-0.39, 0.29) is 5.91 Å². The van der Waals surface area contributed by atoms with Gasteiger partial charge in [0.1, 0.15) is 0 Å². The van der Waals surface area contributed by atoms with E-state index in [1.165, 1.54) is 5.56 Å². The van der Waals surface area contributed by atoms with Gasteiger partial charge in [-0.15, -0.1) is 10.2 Å². The average Bonchev–Trinajstić information content (AvgIpc) is 3.32. The number of rotatable bonds is 8. The van der Waals surface area contributed by atoms with Crippen LogP contribution in [-0.4, -0.2) is 54.4 Å². The number of ether oxygens (including phenoxy) is 1. The zero-order valence-corrected chi connectivity index (χ0v) is 15.9. The number of hydrogen-bond donors (Lipinski definition) is 1. The highest BCUT2D eigenvalue weighted by Gasteiger charge is 2.19. The number of thioether (sulfide) groups is 1. The van der Waals surface area contributed by atoms with Gasteiger partial charge in [-0.2, -0.15) is 0 Å². The Labute approximate surface area is 156 Å². The normalized spacial score (nSPS) is 14.0. The van der Waals surface area contributed by atoms with Crippen molar-refractivity contribution in [3.05, 3.63) is 35.4 Å². The van der Waals surface area contributed by atoms with Crippen LogP contribution < -0.4 is 5.32 Å². The first-order valence-electron chi connectivity index (χ1n) is 8.33. The minimum atomic E-state index is 0.146.